The summed E-state index contributed by atoms with van der Waals surface area (Å²) in [4.78, 5) is 22.8. The molecule has 262 valence electrons. The van der Waals surface area contributed by atoms with Crippen LogP contribution >= 0.6 is 0 Å². The van der Waals surface area contributed by atoms with Crippen LogP contribution in [0.25, 0.3) is 0 Å². The van der Waals surface area contributed by atoms with Crippen molar-refractivity contribution in [1.82, 2.24) is 0 Å². The Kier molecular flexibility index (Phi) is 12.5. The lowest BCUT2D eigenvalue weighted by Crippen LogP contribution is -2.66. The molecule has 0 aromatic rings. The molecule has 0 aromatic carbocycles. The van der Waals surface area contributed by atoms with E-state index in [0.29, 0.717) is 0 Å². The number of hydrogen-bond acceptors (Lipinski definition) is 5. The van der Waals surface area contributed by atoms with Gasteiger partial charge in [0.05, 0.1) is 17.1 Å². The van der Waals surface area contributed by atoms with Gasteiger partial charge in [0.2, 0.25) is 5.76 Å². The molecule has 1 unspecified atom stereocenters. The SMILES string of the molecule is C=CC(=O)OCC(CC)(COC(=O)C=C(F)F)COC(=C(C(F)(C(F)(F)F)C(F)(F)F)C(F)(C(F)(F)F)C(F)(F)F)C(F)(F)F. The highest BCUT2D eigenvalue weighted by molar-refractivity contribution is 5.82. The first-order valence-electron chi connectivity index (χ1n) is 10.9. The molecule has 0 aliphatic rings. The van der Waals surface area contributed by atoms with E-state index in [4.69, 9.17) is 0 Å². The molecule has 0 spiro atoms. The van der Waals surface area contributed by atoms with Gasteiger partial charge in [0.25, 0.3) is 6.08 Å². The monoisotopic (exact) mass is 708 g/mol. The van der Waals surface area contributed by atoms with Crippen molar-refractivity contribution < 1.29 is 107 Å². The third-order valence-electron chi connectivity index (χ3n) is 5.44. The van der Waals surface area contributed by atoms with Gasteiger partial charge < -0.3 is 14.2 Å². The van der Waals surface area contributed by atoms with Gasteiger partial charge >= 0.3 is 54.2 Å². The summed E-state index contributed by atoms with van der Waals surface area (Å²) in [6, 6.07) is 0. The zero-order valence-electron chi connectivity index (χ0n) is 21.4. The van der Waals surface area contributed by atoms with Gasteiger partial charge in [0.15, 0.2) is 0 Å². The summed E-state index contributed by atoms with van der Waals surface area (Å²) >= 11 is 0. The molecular weight excluding hydrogens is 693 g/mol. The van der Waals surface area contributed by atoms with Gasteiger partial charge in [-0.05, 0) is 6.42 Å². The number of ether oxygens (including phenoxy) is 3. The predicted molar refractivity (Wildman–Crippen MR) is 106 cm³/mol. The van der Waals surface area contributed by atoms with Crippen LogP contribution in [0.2, 0.25) is 0 Å². The molecule has 0 bridgehead atoms. The fourth-order valence-electron chi connectivity index (χ4n) is 3.03. The van der Waals surface area contributed by atoms with E-state index in [9.17, 15) is 93.0 Å². The number of halogens is 19. The topological polar surface area (TPSA) is 61.8 Å². The summed E-state index contributed by atoms with van der Waals surface area (Å²) in [6.07, 6.45) is -44.6. The molecule has 0 aliphatic carbocycles. The Hall–Kier alpha value is -3.37. The molecule has 0 fully saturated rings. The maximum Gasteiger partial charge on any atom is 0.449 e. The highest BCUT2D eigenvalue weighted by Gasteiger charge is 2.88. The van der Waals surface area contributed by atoms with Crippen molar-refractivity contribution >= 4 is 11.9 Å². The van der Waals surface area contributed by atoms with Crippen molar-refractivity contribution in [2.45, 2.75) is 55.6 Å². The average molecular weight is 708 g/mol. The highest BCUT2D eigenvalue weighted by atomic mass is 19.4. The number of hydrogen-bond donors (Lipinski definition) is 0. The number of alkyl halides is 17. The van der Waals surface area contributed by atoms with Crippen LogP contribution in [0.4, 0.5) is 83.4 Å². The minimum absolute atomic E-state index is 0.280. The van der Waals surface area contributed by atoms with Crippen LogP contribution in [0.3, 0.4) is 0 Å². The molecule has 0 aromatic heterocycles. The van der Waals surface area contributed by atoms with Gasteiger partial charge in [0, 0.05) is 6.08 Å². The van der Waals surface area contributed by atoms with E-state index in [0.717, 1.165) is 6.92 Å². The molecule has 0 saturated heterocycles. The third kappa shape index (κ3) is 9.10. The maximum absolute atomic E-state index is 14.8. The predicted octanol–water partition coefficient (Wildman–Crippen LogP) is 7.93. The van der Waals surface area contributed by atoms with Gasteiger partial charge in [-0.1, -0.05) is 13.5 Å². The Labute approximate surface area is 237 Å². The Balaban J connectivity index is 8.06. The fraction of sp³-hybridized carbons (Fsp3) is 0.619. The second kappa shape index (κ2) is 13.5. The first-order valence-corrected chi connectivity index (χ1v) is 10.9. The standard InChI is InChI=1S/C21H15F19O5/c1-3-10(41)43-6-14(4-2,7-44-11(42)5-9(22)23)8-45-13(17(26,27)28)12(15(24,18(29,30)31)19(32,33)34)16(25,20(35,36)37)21(38,39)40/h3,5H,1,4,6-8H2,2H3. The molecule has 24 heteroatoms. The van der Waals surface area contributed by atoms with E-state index in [1.54, 1.807) is 0 Å². The third-order valence-corrected chi connectivity index (χ3v) is 5.44. The van der Waals surface area contributed by atoms with E-state index in [-0.39, 0.29) is 6.08 Å². The van der Waals surface area contributed by atoms with Crippen LogP contribution in [-0.4, -0.2) is 74.0 Å². The largest absolute Gasteiger partial charge is 0.488 e. The van der Waals surface area contributed by atoms with Gasteiger partial charge in [-0.25, -0.2) is 18.4 Å². The molecule has 0 heterocycles. The van der Waals surface area contributed by atoms with Gasteiger partial charge in [-0.15, -0.1) is 0 Å². The number of carbonyl (C=O) groups is 2. The average Bonchev–Trinajstić information content (AvgIpc) is 2.82. The number of esters is 2. The second-order valence-electron chi connectivity index (χ2n) is 8.51. The Morgan fingerprint density at radius 1 is 0.600 bits per heavy atom. The summed E-state index contributed by atoms with van der Waals surface area (Å²) in [6.45, 7) is -2.28. The van der Waals surface area contributed by atoms with Crippen LogP contribution < -0.4 is 0 Å². The number of carbonyl (C=O) groups excluding carboxylic acids is 2. The van der Waals surface area contributed by atoms with Crippen LogP contribution in [0, 0.1) is 5.41 Å². The van der Waals surface area contributed by atoms with Crippen LogP contribution in [-0.2, 0) is 23.8 Å². The van der Waals surface area contributed by atoms with Gasteiger partial charge in [-0.2, -0.15) is 74.6 Å². The van der Waals surface area contributed by atoms with Crippen molar-refractivity contribution in [3.8, 4) is 0 Å². The lowest BCUT2D eigenvalue weighted by atomic mass is 9.79. The quantitative estimate of drug-likeness (QED) is 0.0893. The lowest BCUT2D eigenvalue weighted by molar-refractivity contribution is -0.366. The summed E-state index contributed by atoms with van der Waals surface area (Å²) in [5.41, 5.74) is -25.5. The Bertz CT molecular complexity index is 1070. The van der Waals surface area contributed by atoms with Crippen molar-refractivity contribution in [1.29, 1.82) is 0 Å². The molecule has 0 saturated carbocycles. The minimum atomic E-state index is -8.44. The van der Waals surface area contributed by atoms with Crippen LogP contribution in [0.15, 0.2) is 36.1 Å². The van der Waals surface area contributed by atoms with E-state index >= 15 is 0 Å². The van der Waals surface area contributed by atoms with Crippen LogP contribution in [0.1, 0.15) is 13.3 Å². The molecule has 5 nitrogen and oxygen atoms in total. The summed E-state index contributed by atoms with van der Waals surface area (Å²) in [5.74, 6) is -8.48. The molecule has 1 atom stereocenters. The Morgan fingerprint density at radius 2 is 0.933 bits per heavy atom. The van der Waals surface area contributed by atoms with E-state index in [1.165, 1.54) is 0 Å². The summed E-state index contributed by atoms with van der Waals surface area (Å²) < 4.78 is 268. The zero-order chi connectivity index (χ0) is 36.3. The number of allylic oxidation sites excluding steroid dienone is 2. The van der Waals surface area contributed by atoms with Crippen LogP contribution in [0.5, 0.6) is 0 Å². The van der Waals surface area contributed by atoms with Crippen molar-refractivity contribution in [3.05, 3.63) is 36.1 Å². The summed E-state index contributed by atoms with van der Waals surface area (Å²) in [7, 11) is 0. The highest BCUT2D eigenvalue weighted by Crippen LogP contribution is 2.63. The van der Waals surface area contributed by atoms with E-state index in [2.05, 4.69) is 20.8 Å². The maximum atomic E-state index is 14.8. The van der Waals surface area contributed by atoms with Crippen molar-refractivity contribution in [3.63, 3.8) is 0 Å². The van der Waals surface area contributed by atoms with E-state index in [1.807, 2.05) is 0 Å². The molecular formula is C21H15F19O5. The summed E-state index contributed by atoms with van der Waals surface area (Å²) in [5, 5.41) is 0. The van der Waals surface area contributed by atoms with Gasteiger partial charge in [0.1, 0.15) is 19.8 Å². The zero-order valence-corrected chi connectivity index (χ0v) is 21.4. The first-order chi connectivity index (χ1) is 19.8. The fourth-order valence-corrected chi connectivity index (χ4v) is 3.03. The normalized spacial score (nSPS) is 15.0. The molecule has 0 radical (unpaired) electrons. The van der Waals surface area contributed by atoms with Crippen molar-refractivity contribution in [2.24, 2.45) is 5.41 Å². The Morgan fingerprint density at radius 3 is 1.20 bits per heavy atom. The van der Waals surface area contributed by atoms with E-state index < -0.39 is 109 Å². The molecule has 0 N–H and O–H groups in total. The molecule has 0 amide bonds. The molecule has 45 heavy (non-hydrogen) atoms. The molecule has 0 aliphatic heterocycles. The minimum Gasteiger partial charge on any atom is -0.488 e. The van der Waals surface area contributed by atoms with Gasteiger partial charge in [-0.3, -0.25) is 0 Å². The second-order valence-corrected chi connectivity index (χ2v) is 8.51. The lowest BCUT2D eigenvalue weighted by Gasteiger charge is -2.41. The molecule has 0 rings (SSSR count). The smallest absolute Gasteiger partial charge is 0.449 e. The first kappa shape index (κ1) is 41.6. The number of rotatable bonds is 12. The van der Waals surface area contributed by atoms with Crippen molar-refractivity contribution in [2.75, 3.05) is 19.8 Å².